The van der Waals surface area contributed by atoms with E-state index in [1.165, 1.54) is 0 Å². The third-order valence-electron chi connectivity index (χ3n) is 6.09. The standard InChI is InChI=1S/C18H32O16/c19-1-4-8(23)10(25)15(16(29)30-4)34-18-13(28)11(26)14(6(3-21)32-18)33-17-12(27)9(24)7(22)5(2-20)31-17/h4-29H,1-3H2/t4-,5-,6-,7-,8-,9+,10+,11-,12-,13-,14-,15-,16?,17+,18-/m1/s1. The van der Waals surface area contributed by atoms with Crippen LogP contribution in [0.15, 0.2) is 0 Å². The number of ether oxygens (including phenoxy) is 5. The van der Waals surface area contributed by atoms with E-state index in [1.54, 1.807) is 0 Å². The van der Waals surface area contributed by atoms with Crippen LogP contribution in [0.2, 0.25) is 0 Å². The van der Waals surface area contributed by atoms with Crippen molar-refractivity contribution in [3.63, 3.8) is 0 Å². The maximum Gasteiger partial charge on any atom is 0.187 e. The van der Waals surface area contributed by atoms with Gasteiger partial charge in [0.05, 0.1) is 19.8 Å². The lowest BCUT2D eigenvalue weighted by molar-refractivity contribution is -0.381. The average molecular weight is 504 g/mol. The number of hydrogen-bond acceptors (Lipinski definition) is 16. The largest absolute Gasteiger partial charge is 0.394 e. The summed E-state index contributed by atoms with van der Waals surface area (Å²) >= 11 is 0. The first-order valence-electron chi connectivity index (χ1n) is 10.6. The smallest absolute Gasteiger partial charge is 0.187 e. The number of aliphatic hydroxyl groups is 11. The Morgan fingerprint density at radius 1 is 0.441 bits per heavy atom. The molecule has 0 aromatic carbocycles. The summed E-state index contributed by atoms with van der Waals surface area (Å²) in [6.45, 7) is -2.28. The van der Waals surface area contributed by atoms with Crippen molar-refractivity contribution in [3.05, 3.63) is 0 Å². The summed E-state index contributed by atoms with van der Waals surface area (Å²) in [5.74, 6) is 0. The van der Waals surface area contributed by atoms with Gasteiger partial charge in [0.25, 0.3) is 0 Å². The molecule has 0 radical (unpaired) electrons. The van der Waals surface area contributed by atoms with Gasteiger partial charge in [-0.15, -0.1) is 0 Å². The lowest BCUT2D eigenvalue weighted by Gasteiger charge is -2.47. The van der Waals surface area contributed by atoms with E-state index in [1.807, 2.05) is 0 Å². The van der Waals surface area contributed by atoms with E-state index >= 15 is 0 Å². The van der Waals surface area contributed by atoms with Gasteiger partial charge in [0.1, 0.15) is 73.2 Å². The highest BCUT2D eigenvalue weighted by Gasteiger charge is 2.53. The molecule has 1 unspecified atom stereocenters. The Hall–Kier alpha value is -0.640. The molecule has 16 nitrogen and oxygen atoms in total. The zero-order valence-corrected chi connectivity index (χ0v) is 17.7. The quantitative estimate of drug-likeness (QED) is 0.154. The third-order valence-corrected chi connectivity index (χ3v) is 6.09. The van der Waals surface area contributed by atoms with Gasteiger partial charge in [0.15, 0.2) is 18.9 Å². The molecular weight excluding hydrogens is 472 g/mol. The molecule has 200 valence electrons. The molecule has 0 aromatic rings. The summed E-state index contributed by atoms with van der Waals surface area (Å²) in [6, 6.07) is 0. The van der Waals surface area contributed by atoms with Crippen LogP contribution in [-0.4, -0.2) is 168 Å². The van der Waals surface area contributed by atoms with E-state index in [0.717, 1.165) is 0 Å². The van der Waals surface area contributed by atoms with Crippen LogP contribution in [0.5, 0.6) is 0 Å². The van der Waals surface area contributed by atoms with Crippen LogP contribution in [0.3, 0.4) is 0 Å². The second kappa shape index (κ2) is 11.6. The van der Waals surface area contributed by atoms with Crippen LogP contribution >= 0.6 is 0 Å². The zero-order chi connectivity index (χ0) is 25.3. The van der Waals surface area contributed by atoms with Crippen molar-refractivity contribution in [2.45, 2.75) is 92.1 Å². The molecule has 0 spiro atoms. The normalized spacial score (nSPS) is 52.5. The van der Waals surface area contributed by atoms with Crippen LogP contribution in [0, 0.1) is 0 Å². The van der Waals surface area contributed by atoms with Crippen LogP contribution in [-0.2, 0) is 23.7 Å². The lowest BCUT2D eigenvalue weighted by atomic mass is 9.96. The summed E-state index contributed by atoms with van der Waals surface area (Å²) in [7, 11) is 0. The van der Waals surface area contributed by atoms with E-state index < -0.39 is 112 Å². The topological polar surface area (TPSA) is 269 Å². The maximum absolute atomic E-state index is 10.6. The number of hydrogen-bond donors (Lipinski definition) is 11. The summed E-state index contributed by atoms with van der Waals surface area (Å²) in [5, 5.41) is 109. The van der Waals surface area contributed by atoms with Gasteiger partial charge >= 0.3 is 0 Å². The van der Waals surface area contributed by atoms with Crippen molar-refractivity contribution >= 4 is 0 Å². The van der Waals surface area contributed by atoms with Gasteiger partial charge in [-0.1, -0.05) is 0 Å². The summed E-state index contributed by atoms with van der Waals surface area (Å²) in [6.07, 6.45) is -25.2. The van der Waals surface area contributed by atoms with Crippen LogP contribution in [0.25, 0.3) is 0 Å². The number of rotatable bonds is 7. The first-order chi connectivity index (χ1) is 16.0. The monoisotopic (exact) mass is 504 g/mol. The van der Waals surface area contributed by atoms with E-state index in [2.05, 4.69) is 0 Å². The van der Waals surface area contributed by atoms with Gasteiger partial charge in [-0.3, -0.25) is 0 Å². The fourth-order valence-electron chi connectivity index (χ4n) is 4.04. The highest BCUT2D eigenvalue weighted by Crippen LogP contribution is 2.31. The van der Waals surface area contributed by atoms with Gasteiger partial charge in [0, 0.05) is 0 Å². The first-order valence-corrected chi connectivity index (χ1v) is 10.6. The second-order valence-electron chi connectivity index (χ2n) is 8.33. The van der Waals surface area contributed by atoms with Crippen molar-refractivity contribution in [1.29, 1.82) is 0 Å². The molecule has 3 aliphatic rings. The minimum atomic E-state index is -1.93. The molecule has 15 atom stereocenters. The van der Waals surface area contributed by atoms with Crippen molar-refractivity contribution in [3.8, 4) is 0 Å². The highest BCUT2D eigenvalue weighted by molar-refractivity contribution is 4.95. The Bertz CT molecular complexity index is 637. The zero-order valence-electron chi connectivity index (χ0n) is 17.7. The molecule has 0 aromatic heterocycles. The molecule has 3 heterocycles. The van der Waals surface area contributed by atoms with E-state index in [4.69, 9.17) is 28.8 Å². The van der Waals surface area contributed by atoms with Crippen molar-refractivity contribution in [2.24, 2.45) is 0 Å². The summed E-state index contributed by atoms with van der Waals surface area (Å²) in [5.41, 5.74) is 0. The Morgan fingerprint density at radius 2 is 0.853 bits per heavy atom. The third kappa shape index (κ3) is 5.37. The minimum Gasteiger partial charge on any atom is -0.394 e. The van der Waals surface area contributed by atoms with E-state index in [-0.39, 0.29) is 0 Å². The molecule has 3 fully saturated rings. The van der Waals surface area contributed by atoms with E-state index in [0.29, 0.717) is 0 Å². The molecule has 34 heavy (non-hydrogen) atoms. The fraction of sp³-hybridized carbons (Fsp3) is 1.00. The van der Waals surface area contributed by atoms with Crippen LogP contribution in [0.4, 0.5) is 0 Å². The van der Waals surface area contributed by atoms with Gasteiger partial charge in [-0.25, -0.2) is 0 Å². The fourth-order valence-corrected chi connectivity index (χ4v) is 4.04. The van der Waals surface area contributed by atoms with Crippen molar-refractivity contribution in [2.75, 3.05) is 19.8 Å². The predicted octanol–water partition coefficient (Wildman–Crippen LogP) is -7.57. The molecule has 3 rings (SSSR count). The molecule has 11 N–H and O–H groups in total. The maximum atomic E-state index is 10.6. The summed E-state index contributed by atoms with van der Waals surface area (Å²) in [4.78, 5) is 0. The molecular formula is C18H32O16. The van der Waals surface area contributed by atoms with Gasteiger partial charge in [0.2, 0.25) is 0 Å². The molecule has 0 saturated carbocycles. The van der Waals surface area contributed by atoms with Crippen molar-refractivity contribution in [1.82, 2.24) is 0 Å². The van der Waals surface area contributed by atoms with Crippen molar-refractivity contribution < 1.29 is 79.9 Å². The van der Waals surface area contributed by atoms with Crippen LogP contribution in [0.1, 0.15) is 0 Å². The SMILES string of the molecule is OC[C@H]1O[C@@H](O[C@H]2[C@H](O)[C@@H](O)[C@@H](O[C@H]3C(O)O[C@H](CO)[C@@H](O)[C@@H]3O)O[C@@H]2CO)[C@H](O)[C@@H](O)[C@@H]1O. The molecule has 3 aliphatic heterocycles. The Labute approximate surface area is 192 Å². The molecule has 0 aliphatic carbocycles. The molecule has 16 heteroatoms. The van der Waals surface area contributed by atoms with Crippen LogP contribution < -0.4 is 0 Å². The minimum absolute atomic E-state index is 0.715. The highest BCUT2D eigenvalue weighted by atomic mass is 16.8. The number of aliphatic hydroxyl groups excluding tert-OH is 11. The van der Waals surface area contributed by atoms with Gasteiger partial charge in [-0.2, -0.15) is 0 Å². The van der Waals surface area contributed by atoms with Gasteiger partial charge < -0.3 is 79.9 Å². The average Bonchev–Trinajstić information content (AvgIpc) is 2.83. The lowest BCUT2D eigenvalue weighted by Crippen LogP contribution is -2.66. The first kappa shape index (κ1) is 27.9. The van der Waals surface area contributed by atoms with E-state index in [9.17, 15) is 51.1 Å². The Kier molecular flexibility index (Phi) is 9.54. The second-order valence-corrected chi connectivity index (χ2v) is 8.33. The molecule has 0 amide bonds. The van der Waals surface area contributed by atoms with Gasteiger partial charge in [-0.05, 0) is 0 Å². The predicted molar refractivity (Wildman–Crippen MR) is 101 cm³/mol. The Morgan fingerprint density at radius 3 is 1.41 bits per heavy atom. The molecule has 0 bridgehead atoms. The summed E-state index contributed by atoms with van der Waals surface area (Å²) < 4.78 is 26.2. The Balaban J connectivity index is 1.70. The molecule has 3 saturated heterocycles.